The molecule has 0 radical (unpaired) electrons. The van der Waals surface area contributed by atoms with Crippen LogP contribution >= 0.6 is 0 Å². The van der Waals surface area contributed by atoms with Crippen LogP contribution in [0.25, 0.3) is 0 Å². The predicted molar refractivity (Wildman–Crippen MR) is 139 cm³/mol. The number of carbonyl (C=O) groups excluding carboxylic acids is 2. The summed E-state index contributed by atoms with van der Waals surface area (Å²) in [6.07, 6.45) is 8.56. The Morgan fingerprint density at radius 1 is 1.00 bits per heavy atom. The molecule has 5 heteroatoms. The Balaban J connectivity index is 1.58. The quantitative estimate of drug-likeness (QED) is 0.407. The molecule has 1 saturated heterocycles. The van der Waals surface area contributed by atoms with E-state index in [2.05, 4.69) is 34.6 Å². The maximum absolute atomic E-state index is 14.4. The molecule has 5 aliphatic rings. The highest BCUT2D eigenvalue weighted by atomic mass is 16.7. The van der Waals surface area contributed by atoms with E-state index < -0.39 is 11.2 Å². The molecule has 0 aromatic carbocycles. The fourth-order valence-electron chi connectivity index (χ4n) is 11.2. The monoisotopic (exact) mass is 502 g/mol. The molecule has 0 N–H and O–H groups in total. The molecule has 1 heterocycles. The summed E-state index contributed by atoms with van der Waals surface area (Å²) in [5.74, 6) is 0.451. The minimum Gasteiger partial charge on any atom is -0.462 e. The summed E-state index contributed by atoms with van der Waals surface area (Å²) >= 11 is 0. The molecule has 0 aromatic rings. The number of ether oxygens (including phenoxy) is 3. The molecule has 5 rings (SSSR count). The van der Waals surface area contributed by atoms with Crippen LogP contribution < -0.4 is 0 Å². The van der Waals surface area contributed by atoms with Gasteiger partial charge in [-0.15, -0.1) is 0 Å². The molecule has 0 amide bonds. The minimum absolute atomic E-state index is 0.000202. The second-order valence-electron chi connectivity index (χ2n) is 14.3. The van der Waals surface area contributed by atoms with Crippen LogP contribution in [0.15, 0.2) is 0 Å². The molecule has 4 aliphatic carbocycles. The Bertz CT molecular complexity index is 917. The maximum Gasteiger partial charge on any atom is 0.302 e. The van der Waals surface area contributed by atoms with E-state index in [-0.39, 0.29) is 40.7 Å². The molecule has 0 aromatic heterocycles. The summed E-state index contributed by atoms with van der Waals surface area (Å²) in [6, 6.07) is 0. The Hall–Kier alpha value is -0.940. The highest BCUT2D eigenvalue weighted by molar-refractivity contribution is 5.87. The lowest BCUT2D eigenvalue weighted by Gasteiger charge is -2.70. The minimum atomic E-state index is -0.832. The average molecular weight is 503 g/mol. The largest absolute Gasteiger partial charge is 0.462 e. The van der Waals surface area contributed by atoms with Gasteiger partial charge in [0.2, 0.25) is 0 Å². The van der Waals surface area contributed by atoms with Crippen LogP contribution in [0.2, 0.25) is 0 Å². The first-order valence-corrected chi connectivity index (χ1v) is 14.8. The maximum atomic E-state index is 14.4. The fraction of sp³-hybridized carbons (Fsp3) is 0.935. The third kappa shape index (κ3) is 3.39. The van der Waals surface area contributed by atoms with Crippen LogP contribution in [-0.4, -0.2) is 36.9 Å². The van der Waals surface area contributed by atoms with E-state index in [4.69, 9.17) is 14.2 Å². The van der Waals surface area contributed by atoms with Crippen molar-refractivity contribution in [2.75, 3.05) is 13.2 Å². The number of carbonyl (C=O) groups is 2. The summed E-state index contributed by atoms with van der Waals surface area (Å²) in [7, 11) is 0. The molecule has 11 unspecified atom stereocenters. The zero-order valence-electron chi connectivity index (χ0n) is 24.1. The lowest BCUT2D eigenvalue weighted by atomic mass is 9.34. The number of esters is 1. The number of Topliss-reactive ketones (excluding diaryl/α,β-unsaturated/α-hetero) is 1. The first-order valence-electron chi connectivity index (χ1n) is 14.8. The van der Waals surface area contributed by atoms with Crippen LogP contribution in [-0.2, 0) is 23.8 Å². The molecule has 204 valence electrons. The van der Waals surface area contributed by atoms with Crippen LogP contribution in [0, 0.1) is 51.2 Å². The standard InChI is InChI=1S/C31H50O5/c1-9-27(4)13-11-14-28(5)22(27)12-15-29(6)23(28)17-25(33)30(7)20-18-35-31(8,34-10-2)26(20)21(16-24(29)30)36-19(3)32/h20-24,26H,9-18H2,1-8H3. The van der Waals surface area contributed by atoms with Crippen LogP contribution in [0.4, 0.5) is 0 Å². The number of hydrogen-bond donors (Lipinski definition) is 0. The molecule has 4 saturated carbocycles. The predicted octanol–water partition coefficient (Wildman–Crippen LogP) is 6.57. The lowest BCUT2D eigenvalue weighted by molar-refractivity contribution is -0.255. The van der Waals surface area contributed by atoms with Gasteiger partial charge in [-0.25, -0.2) is 0 Å². The molecular formula is C31H50O5. The Morgan fingerprint density at radius 3 is 2.33 bits per heavy atom. The van der Waals surface area contributed by atoms with Gasteiger partial charge in [0.05, 0.1) is 12.5 Å². The van der Waals surface area contributed by atoms with Gasteiger partial charge in [0.25, 0.3) is 0 Å². The van der Waals surface area contributed by atoms with Crippen molar-refractivity contribution in [3.63, 3.8) is 0 Å². The van der Waals surface area contributed by atoms with Crippen LogP contribution in [0.5, 0.6) is 0 Å². The summed E-state index contributed by atoms with van der Waals surface area (Å²) in [5.41, 5.74) is 0.128. The highest BCUT2D eigenvalue weighted by Gasteiger charge is 2.73. The Kier molecular flexibility index (Phi) is 6.32. The van der Waals surface area contributed by atoms with Gasteiger partial charge in [-0.05, 0) is 80.0 Å². The molecule has 0 spiro atoms. The normalized spacial score (nSPS) is 54.2. The third-order valence-electron chi connectivity index (χ3n) is 13.0. The molecule has 5 nitrogen and oxygen atoms in total. The summed E-state index contributed by atoms with van der Waals surface area (Å²) < 4.78 is 18.6. The third-order valence-corrected chi connectivity index (χ3v) is 13.0. The van der Waals surface area contributed by atoms with Gasteiger partial charge in [-0.3, -0.25) is 9.59 Å². The van der Waals surface area contributed by atoms with E-state index in [1.54, 1.807) is 0 Å². The van der Waals surface area contributed by atoms with Gasteiger partial charge in [0, 0.05) is 31.3 Å². The molecule has 36 heavy (non-hydrogen) atoms. The zero-order chi connectivity index (χ0) is 26.3. The summed E-state index contributed by atoms with van der Waals surface area (Å²) in [4.78, 5) is 26.7. The Labute approximate surface area is 218 Å². The van der Waals surface area contributed by atoms with Crippen molar-refractivity contribution in [2.45, 2.75) is 119 Å². The second-order valence-corrected chi connectivity index (χ2v) is 14.3. The van der Waals surface area contributed by atoms with E-state index >= 15 is 0 Å². The number of rotatable bonds is 4. The second kappa shape index (κ2) is 8.53. The zero-order valence-corrected chi connectivity index (χ0v) is 24.1. The number of fused-ring (bicyclic) bond motifs is 7. The lowest BCUT2D eigenvalue weighted by Crippen LogP contribution is -2.68. The highest BCUT2D eigenvalue weighted by Crippen LogP contribution is 2.74. The topological polar surface area (TPSA) is 61.8 Å². The summed E-state index contributed by atoms with van der Waals surface area (Å²) in [5, 5.41) is 0. The first kappa shape index (κ1) is 26.7. The molecule has 0 bridgehead atoms. The van der Waals surface area contributed by atoms with Gasteiger partial charge in [-0.2, -0.15) is 0 Å². The van der Waals surface area contributed by atoms with Crippen molar-refractivity contribution in [3.05, 3.63) is 0 Å². The molecule has 5 fully saturated rings. The average Bonchev–Trinajstić information content (AvgIpc) is 3.15. The van der Waals surface area contributed by atoms with Gasteiger partial charge in [-0.1, -0.05) is 47.5 Å². The Morgan fingerprint density at radius 2 is 1.69 bits per heavy atom. The van der Waals surface area contributed by atoms with Crippen LogP contribution in [0.3, 0.4) is 0 Å². The van der Waals surface area contributed by atoms with Crippen LogP contribution in [0.1, 0.15) is 107 Å². The molecule has 1 aliphatic heterocycles. The van der Waals surface area contributed by atoms with Gasteiger partial charge in [0.1, 0.15) is 11.9 Å². The van der Waals surface area contributed by atoms with E-state index in [0.717, 1.165) is 12.8 Å². The van der Waals surface area contributed by atoms with Crippen molar-refractivity contribution in [1.82, 2.24) is 0 Å². The SMILES string of the molecule is CCOC1(C)OCC2C1C(OC(C)=O)CC1C3(C)CCC4C(C)(CC)CCCC4(C)C3CC(=O)C21C. The van der Waals surface area contributed by atoms with Crippen molar-refractivity contribution in [3.8, 4) is 0 Å². The van der Waals surface area contributed by atoms with Gasteiger partial charge >= 0.3 is 5.97 Å². The van der Waals surface area contributed by atoms with Crippen molar-refractivity contribution in [2.24, 2.45) is 51.2 Å². The first-order chi connectivity index (χ1) is 16.8. The fourth-order valence-corrected chi connectivity index (χ4v) is 11.2. The van der Waals surface area contributed by atoms with E-state index in [0.29, 0.717) is 42.7 Å². The van der Waals surface area contributed by atoms with Crippen molar-refractivity contribution in [1.29, 1.82) is 0 Å². The van der Waals surface area contributed by atoms with Gasteiger partial charge < -0.3 is 14.2 Å². The van der Waals surface area contributed by atoms with Gasteiger partial charge in [0.15, 0.2) is 5.79 Å². The van der Waals surface area contributed by atoms with E-state index in [9.17, 15) is 9.59 Å². The number of hydrogen-bond acceptors (Lipinski definition) is 5. The summed E-state index contributed by atoms with van der Waals surface area (Å²) in [6.45, 7) is 18.6. The van der Waals surface area contributed by atoms with Crippen molar-refractivity contribution < 1.29 is 23.8 Å². The molecular weight excluding hydrogens is 452 g/mol. The van der Waals surface area contributed by atoms with E-state index in [1.807, 2.05) is 13.8 Å². The van der Waals surface area contributed by atoms with Crippen molar-refractivity contribution >= 4 is 11.8 Å². The number of ketones is 1. The molecule has 11 atom stereocenters. The van der Waals surface area contributed by atoms with E-state index in [1.165, 1.54) is 39.0 Å². The smallest absolute Gasteiger partial charge is 0.302 e.